The fourth-order valence-electron chi connectivity index (χ4n) is 0.903. The summed E-state index contributed by atoms with van der Waals surface area (Å²) in [7, 11) is -4.60. The van der Waals surface area contributed by atoms with E-state index in [-0.39, 0.29) is 40.6 Å². The second kappa shape index (κ2) is 5.13. The van der Waals surface area contributed by atoms with E-state index in [0.717, 1.165) is 18.2 Å². The predicted octanol–water partition coefficient (Wildman–Crippen LogP) is 0.181. The van der Waals surface area contributed by atoms with Gasteiger partial charge in [-0.1, -0.05) is 6.07 Å². The van der Waals surface area contributed by atoms with Crippen molar-refractivity contribution >= 4 is 53.8 Å². The van der Waals surface area contributed by atoms with E-state index in [4.69, 9.17) is 9.66 Å². The minimum atomic E-state index is -4.60. The monoisotopic (exact) mass is 260 g/mol. The SMILES string of the molecule is O=C(O)c1cccc(S(=O)(=O)O)c1O.[Ca+2].[H-].[H-]. The van der Waals surface area contributed by atoms with Crippen molar-refractivity contribution in [1.82, 2.24) is 0 Å². The van der Waals surface area contributed by atoms with Gasteiger partial charge in [0.1, 0.15) is 10.5 Å². The molecule has 0 unspecified atom stereocenters. The van der Waals surface area contributed by atoms with E-state index in [1.807, 2.05) is 0 Å². The van der Waals surface area contributed by atoms with Crippen LogP contribution < -0.4 is 0 Å². The van der Waals surface area contributed by atoms with Crippen LogP contribution in [0.15, 0.2) is 23.1 Å². The van der Waals surface area contributed by atoms with Crippen molar-refractivity contribution in [2.75, 3.05) is 0 Å². The molecular weight excluding hydrogens is 252 g/mol. The van der Waals surface area contributed by atoms with Crippen LogP contribution in [0.5, 0.6) is 5.75 Å². The van der Waals surface area contributed by atoms with Crippen molar-refractivity contribution in [1.29, 1.82) is 0 Å². The first-order valence-corrected chi connectivity index (χ1v) is 4.81. The molecule has 1 rings (SSSR count). The molecule has 0 aromatic heterocycles. The number of aromatic hydroxyl groups is 1. The normalized spacial score (nSPS) is 10.5. The summed E-state index contributed by atoms with van der Waals surface area (Å²) in [5, 5.41) is 17.7. The second-order valence-electron chi connectivity index (χ2n) is 2.43. The number of benzene rings is 1. The van der Waals surface area contributed by atoms with Gasteiger partial charge in [0.2, 0.25) is 0 Å². The van der Waals surface area contributed by atoms with Crippen LogP contribution in [0.25, 0.3) is 0 Å². The Hall–Kier alpha value is -0.340. The Labute approximate surface area is 118 Å². The summed E-state index contributed by atoms with van der Waals surface area (Å²) in [4.78, 5) is 9.64. The zero-order valence-electron chi connectivity index (χ0n) is 9.41. The third-order valence-corrected chi connectivity index (χ3v) is 2.39. The Morgan fingerprint density at radius 1 is 1.33 bits per heavy atom. The van der Waals surface area contributed by atoms with E-state index >= 15 is 0 Å². The molecule has 8 heteroatoms. The molecule has 0 spiro atoms. The van der Waals surface area contributed by atoms with E-state index in [1.165, 1.54) is 0 Å². The Kier molecular flexibility index (Phi) is 5.01. The zero-order chi connectivity index (χ0) is 10.9. The number of phenols is 1. The molecule has 0 bridgehead atoms. The molecule has 0 heterocycles. The van der Waals surface area contributed by atoms with Crippen molar-refractivity contribution in [2.45, 2.75) is 4.90 Å². The molecule has 1 aromatic rings. The molecule has 0 amide bonds. The van der Waals surface area contributed by atoms with Gasteiger partial charge in [-0.25, -0.2) is 4.79 Å². The zero-order valence-corrected chi connectivity index (χ0v) is 10.4. The molecule has 15 heavy (non-hydrogen) atoms. The molecule has 3 N–H and O–H groups in total. The van der Waals surface area contributed by atoms with Gasteiger partial charge in [-0.15, -0.1) is 0 Å². The molecule has 0 saturated carbocycles. The molecular formula is C7H8CaO6S. The van der Waals surface area contributed by atoms with E-state index in [2.05, 4.69) is 0 Å². The molecule has 0 aliphatic rings. The summed E-state index contributed by atoms with van der Waals surface area (Å²) in [6.45, 7) is 0. The van der Waals surface area contributed by atoms with E-state index in [1.54, 1.807) is 0 Å². The van der Waals surface area contributed by atoms with Gasteiger partial charge < -0.3 is 13.1 Å². The number of carboxylic acids is 1. The molecule has 0 saturated heterocycles. The minimum Gasteiger partial charge on any atom is -1.00 e. The minimum absolute atomic E-state index is 0. The van der Waals surface area contributed by atoms with E-state index in [9.17, 15) is 18.3 Å². The third-order valence-electron chi connectivity index (χ3n) is 1.51. The summed E-state index contributed by atoms with van der Waals surface area (Å²) in [6.07, 6.45) is 0. The van der Waals surface area contributed by atoms with Gasteiger partial charge in [-0.05, 0) is 12.1 Å². The number of para-hydroxylation sites is 1. The topological polar surface area (TPSA) is 112 Å². The van der Waals surface area contributed by atoms with Crippen LogP contribution in [0.1, 0.15) is 13.2 Å². The number of aromatic carboxylic acids is 1. The van der Waals surface area contributed by atoms with Gasteiger partial charge in [-0.3, -0.25) is 4.55 Å². The van der Waals surface area contributed by atoms with E-state index < -0.39 is 32.3 Å². The van der Waals surface area contributed by atoms with Crippen LogP contribution in [0, 0.1) is 0 Å². The number of carbonyl (C=O) groups is 1. The Morgan fingerprint density at radius 3 is 2.27 bits per heavy atom. The standard InChI is InChI=1S/C7H6O6S.Ca.2H/c8-6-4(7(9)10)2-1-3-5(6)14(11,12)13;;;/h1-3,8H,(H,9,10)(H,11,12,13);;;/q;+2;2*-1. The number of hydrogen-bond donors (Lipinski definition) is 3. The average Bonchev–Trinajstić information content (AvgIpc) is 2.01. The molecule has 1 aromatic carbocycles. The largest absolute Gasteiger partial charge is 2.00 e. The van der Waals surface area contributed by atoms with Crippen LogP contribution >= 0.6 is 0 Å². The second-order valence-corrected chi connectivity index (χ2v) is 3.82. The van der Waals surface area contributed by atoms with Crippen molar-refractivity contribution in [3.05, 3.63) is 23.8 Å². The molecule has 0 aliphatic carbocycles. The molecule has 0 fully saturated rings. The number of rotatable bonds is 2. The maximum Gasteiger partial charge on any atom is 2.00 e. The van der Waals surface area contributed by atoms with Gasteiger partial charge >= 0.3 is 43.7 Å². The number of carboxylic acid groups (broad SMARTS) is 1. The smallest absolute Gasteiger partial charge is 1.00 e. The third kappa shape index (κ3) is 3.32. The van der Waals surface area contributed by atoms with Crippen molar-refractivity contribution in [3.63, 3.8) is 0 Å². The van der Waals surface area contributed by atoms with Crippen molar-refractivity contribution < 1.29 is 30.8 Å². The van der Waals surface area contributed by atoms with Gasteiger partial charge in [0.25, 0.3) is 10.1 Å². The molecule has 0 radical (unpaired) electrons. The summed E-state index contributed by atoms with van der Waals surface area (Å²) >= 11 is 0. The Balaban J connectivity index is -0.000000653. The van der Waals surface area contributed by atoms with E-state index in [0.29, 0.717) is 0 Å². The summed E-state index contributed by atoms with van der Waals surface area (Å²) in [5.41, 5.74) is -0.583. The van der Waals surface area contributed by atoms with Gasteiger partial charge in [-0.2, -0.15) is 8.42 Å². The Bertz CT molecular complexity index is 489. The first kappa shape index (κ1) is 14.7. The van der Waals surface area contributed by atoms with Crippen molar-refractivity contribution in [2.24, 2.45) is 0 Å². The molecule has 80 valence electrons. The van der Waals surface area contributed by atoms with Crippen LogP contribution in [0.4, 0.5) is 0 Å². The maximum absolute atomic E-state index is 10.6. The number of hydrogen-bond acceptors (Lipinski definition) is 4. The quantitative estimate of drug-likeness (QED) is 0.516. The molecule has 0 atom stereocenters. The van der Waals surface area contributed by atoms with Crippen LogP contribution in [-0.2, 0) is 10.1 Å². The maximum atomic E-state index is 10.6. The summed E-state index contributed by atoms with van der Waals surface area (Å²) in [5.74, 6) is -2.45. The molecule has 6 nitrogen and oxygen atoms in total. The van der Waals surface area contributed by atoms with Gasteiger partial charge in [0, 0.05) is 0 Å². The van der Waals surface area contributed by atoms with Crippen LogP contribution in [-0.4, -0.2) is 66.9 Å². The summed E-state index contributed by atoms with van der Waals surface area (Å²) < 4.78 is 29.9. The first-order valence-electron chi connectivity index (χ1n) is 3.37. The fraction of sp³-hybridized carbons (Fsp3) is 0. The predicted molar refractivity (Wildman–Crippen MR) is 52.9 cm³/mol. The van der Waals surface area contributed by atoms with Crippen LogP contribution in [0.3, 0.4) is 0 Å². The summed E-state index contributed by atoms with van der Waals surface area (Å²) in [6, 6.07) is 3.02. The fourth-order valence-corrected chi connectivity index (χ4v) is 1.51. The van der Waals surface area contributed by atoms with Crippen molar-refractivity contribution in [3.8, 4) is 5.75 Å². The van der Waals surface area contributed by atoms with Gasteiger partial charge in [0.05, 0.1) is 0 Å². The van der Waals surface area contributed by atoms with Crippen LogP contribution in [0.2, 0.25) is 0 Å². The Morgan fingerprint density at radius 2 is 1.87 bits per heavy atom. The first-order chi connectivity index (χ1) is 6.34. The molecule has 0 aliphatic heterocycles. The van der Waals surface area contributed by atoms with Gasteiger partial charge in [0.15, 0.2) is 5.75 Å². The average molecular weight is 260 g/mol.